The van der Waals surface area contributed by atoms with Gasteiger partial charge in [0.15, 0.2) is 11.5 Å². The van der Waals surface area contributed by atoms with Crippen LogP contribution in [0.4, 0.5) is 0 Å². The first-order valence-corrected chi connectivity index (χ1v) is 4.93. The first kappa shape index (κ1) is 9.71. The van der Waals surface area contributed by atoms with E-state index in [-0.39, 0.29) is 12.5 Å². The van der Waals surface area contributed by atoms with Gasteiger partial charge in [-0.1, -0.05) is 0 Å². The Morgan fingerprint density at radius 1 is 1.29 bits per heavy atom. The zero-order valence-electron chi connectivity index (χ0n) is 8.64. The van der Waals surface area contributed by atoms with Crippen LogP contribution in [0.3, 0.4) is 0 Å². The third-order valence-electron chi connectivity index (χ3n) is 2.48. The second-order valence-electron chi connectivity index (χ2n) is 3.54. The number of H-pyrrole nitrogens is 1. The number of aromatic nitrogens is 2. The first-order valence-electron chi connectivity index (χ1n) is 4.93. The summed E-state index contributed by atoms with van der Waals surface area (Å²) in [6, 6.07) is 6.81. The summed E-state index contributed by atoms with van der Waals surface area (Å²) in [4.78, 5) is 10.7. The maximum absolute atomic E-state index is 10.7. The van der Waals surface area contributed by atoms with Crippen molar-refractivity contribution in [3.63, 3.8) is 0 Å². The third kappa shape index (κ3) is 1.59. The molecule has 0 unspecified atom stereocenters. The standard InChI is InChI=1S/C11H8N2O4/c14-11(15)8-4-7(12-13-8)6-1-2-9-10(3-6)17-5-16-9/h1-4H,5H2,(H,12,13)(H,14,15). The number of ether oxygens (including phenoxy) is 2. The molecule has 0 saturated carbocycles. The summed E-state index contributed by atoms with van der Waals surface area (Å²) < 4.78 is 10.4. The highest BCUT2D eigenvalue weighted by Gasteiger charge is 2.15. The highest BCUT2D eigenvalue weighted by molar-refractivity contribution is 5.86. The van der Waals surface area contributed by atoms with Crippen molar-refractivity contribution in [2.75, 3.05) is 6.79 Å². The summed E-state index contributed by atoms with van der Waals surface area (Å²) in [5, 5.41) is 15.2. The second kappa shape index (κ2) is 3.51. The molecule has 6 heteroatoms. The molecular weight excluding hydrogens is 224 g/mol. The van der Waals surface area contributed by atoms with Crippen LogP contribution >= 0.6 is 0 Å². The summed E-state index contributed by atoms with van der Waals surface area (Å²) in [5.74, 6) is 0.287. The highest BCUT2D eigenvalue weighted by Crippen LogP contribution is 2.35. The van der Waals surface area contributed by atoms with Crippen LogP contribution in [0.1, 0.15) is 10.5 Å². The zero-order valence-corrected chi connectivity index (χ0v) is 8.64. The highest BCUT2D eigenvalue weighted by atomic mass is 16.7. The molecule has 0 fully saturated rings. The van der Waals surface area contributed by atoms with Gasteiger partial charge in [0.2, 0.25) is 6.79 Å². The monoisotopic (exact) mass is 232 g/mol. The van der Waals surface area contributed by atoms with Crippen molar-refractivity contribution in [1.29, 1.82) is 0 Å². The van der Waals surface area contributed by atoms with Gasteiger partial charge in [-0.3, -0.25) is 5.10 Å². The third-order valence-corrected chi connectivity index (χ3v) is 2.48. The van der Waals surface area contributed by atoms with E-state index in [0.717, 1.165) is 5.56 Å². The number of benzene rings is 1. The molecule has 1 aromatic heterocycles. The lowest BCUT2D eigenvalue weighted by molar-refractivity contribution is 0.0690. The van der Waals surface area contributed by atoms with Gasteiger partial charge in [0.05, 0.1) is 5.69 Å². The molecule has 1 aromatic carbocycles. The quantitative estimate of drug-likeness (QED) is 0.819. The Morgan fingerprint density at radius 3 is 2.88 bits per heavy atom. The number of nitrogens with one attached hydrogen (secondary N) is 1. The van der Waals surface area contributed by atoms with Crippen LogP contribution in [-0.4, -0.2) is 28.1 Å². The van der Waals surface area contributed by atoms with Crippen molar-refractivity contribution >= 4 is 5.97 Å². The summed E-state index contributed by atoms with van der Waals surface area (Å²) in [5.41, 5.74) is 1.39. The molecular formula is C11H8N2O4. The summed E-state index contributed by atoms with van der Waals surface area (Å²) in [6.07, 6.45) is 0. The maximum Gasteiger partial charge on any atom is 0.353 e. The van der Waals surface area contributed by atoms with Crippen molar-refractivity contribution < 1.29 is 19.4 Å². The fourth-order valence-electron chi connectivity index (χ4n) is 1.64. The molecule has 2 aromatic rings. The molecule has 0 amide bonds. The van der Waals surface area contributed by atoms with Crippen LogP contribution in [0, 0.1) is 0 Å². The molecule has 0 aliphatic carbocycles. The number of hydrogen-bond acceptors (Lipinski definition) is 4. The normalized spacial score (nSPS) is 12.7. The SMILES string of the molecule is O=C(O)c1cc(-c2ccc3c(c2)OCO3)n[nH]1. The number of rotatable bonds is 2. The van der Waals surface area contributed by atoms with Gasteiger partial charge in [0.25, 0.3) is 0 Å². The first-order chi connectivity index (χ1) is 8.24. The fraction of sp³-hybridized carbons (Fsp3) is 0.0909. The molecule has 86 valence electrons. The molecule has 0 radical (unpaired) electrons. The average molecular weight is 232 g/mol. The second-order valence-corrected chi connectivity index (χ2v) is 3.54. The van der Waals surface area contributed by atoms with Gasteiger partial charge >= 0.3 is 5.97 Å². The molecule has 6 nitrogen and oxygen atoms in total. The Balaban J connectivity index is 2.00. The van der Waals surface area contributed by atoms with E-state index in [4.69, 9.17) is 14.6 Å². The Labute approximate surface area is 95.8 Å². The van der Waals surface area contributed by atoms with E-state index in [0.29, 0.717) is 17.2 Å². The van der Waals surface area contributed by atoms with Crippen LogP contribution in [-0.2, 0) is 0 Å². The largest absolute Gasteiger partial charge is 0.477 e. The van der Waals surface area contributed by atoms with Crippen molar-refractivity contribution in [2.45, 2.75) is 0 Å². The van der Waals surface area contributed by atoms with Crippen LogP contribution < -0.4 is 9.47 Å². The summed E-state index contributed by atoms with van der Waals surface area (Å²) >= 11 is 0. The molecule has 2 N–H and O–H groups in total. The van der Waals surface area contributed by atoms with E-state index in [2.05, 4.69) is 10.2 Å². The number of aromatic carboxylic acids is 1. The molecule has 0 atom stereocenters. The van der Waals surface area contributed by atoms with Crippen LogP contribution in [0.2, 0.25) is 0 Å². The number of aromatic amines is 1. The smallest absolute Gasteiger partial charge is 0.353 e. The summed E-state index contributed by atoms with van der Waals surface area (Å²) in [6.45, 7) is 0.208. The predicted octanol–water partition coefficient (Wildman–Crippen LogP) is 1.50. The van der Waals surface area contributed by atoms with Crippen molar-refractivity contribution in [3.05, 3.63) is 30.0 Å². The number of hydrogen-bond donors (Lipinski definition) is 2. The molecule has 17 heavy (non-hydrogen) atoms. The minimum absolute atomic E-state index is 0.0534. The minimum Gasteiger partial charge on any atom is -0.477 e. The van der Waals surface area contributed by atoms with Crippen LogP contribution in [0.15, 0.2) is 24.3 Å². The van der Waals surface area contributed by atoms with E-state index in [1.807, 2.05) is 0 Å². The van der Waals surface area contributed by atoms with Crippen LogP contribution in [0.5, 0.6) is 11.5 Å². The van der Waals surface area contributed by atoms with E-state index in [9.17, 15) is 4.79 Å². The van der Waals surface area contributed by atoms with E-state index in [1.165, 1.54) is 6.07 Å². The molecule has 0 spiro atoms. The number of carboxylic acids is 1. The molecule has 1 aliphatic heterocycles. The molecule has 1 aliphatic rings. The van der Waals surface area contributed by atoms with Gasteiger partial charge in [-0.2, -0.15) is 5.10 Å². The van der Waals surface area contributed by atoms with Gasteiger partial charge in [-0.15, -0.1) is 0 Å². The van der Waals surface area contributed by atoms with Crippen molar-refractivity contribution in [1.82, 2.24) is 10.2 Å². The van der Waals surface area contributed by atoms with Gasteiger partial charge in [-0.05, 0) is 24.3 Å². The molecule has 0 bridgehead atoms. The van der Waals surface area contributed by atoms with Crippen molar-refractivity contribution in [3.8, 4) is 22.8 Å². The Bertz CT molecular complexity index is 591. The van der Waals surface area contributed by atoms with E-state index < -0.39 is 5.97 Å². The molecule has 0 saturated heterocycles. The summed E-state index contributed by atoms with van der Waals surface area (Å²) in [7, 11) is 0. The number of nitrogens with zero attached hydrogens (tertiary/aromatic N) is 1. The Kier molecular flexibility index (Phi) is 2.01. The minimum atomic E-state index is -1.04. The van der Waals surface area contributed by atoms with Gasteiger partial charge < -0.3 is 14.6 Å². The maximum atomic E-state index is 10.7. The lowest BCUT2D eigenvalue weighted by atomic mass is 10.1. The van der Waals surface area contributed by atoms with E-state index in [1.54, 1.807) is 18.2 Å². The van der Waals surface area contributed by atoms with Gasteiger partial charge in [0, 0.05) is 5.56 Å². The molecule has 2 heterocycles. The Morgan fingerprint density at radius 2 is 2.12 bits per heavy atom. The van der Waals surface area contributed by atoms with Crippen molar-refractivity contribution in [2.24, 2.45) is 0 Å². The fourth-order valence-corrected chi connectivity index (χ4v) is 1.64. The lowest BCUT2D eigenvalue weighted by Crippen LogP contribution is -1.95. The topological polar surface area (TPSA) is 84.4 Å². The zero-order chi connectivity index (χ0) is 11.8. The lowest BCUT2D eigenvalue weighted by Gasteiger charge is -1.98. The molecule has 3 rings (SSSR count). The Hall–Kier alpha value is -2.50. The number of fused-ring (bicyclic) bond motifs is 1. The van der Waals surface area contributed by atoms with E-state index >= 15 is 0 Å². The predicted molar refractivity (Wildman–Crippen MR) is 57.1 cm³/mol. The van der Waals surface area contributed by atoms with Gasteiger partial charge in [0.1, 0.15) is 5.69 Å². The van der Waals surface area contributed by atoms with Gasteiger partial charge in [-0.25, -0.2) is 4.79 Å². The van der Waals surface area contributed by atoms with Crippen LogP contribution in [0.25, 0.3) is 11.3 Å². The number of carbonyl (C=O) groups is 1. The number of carboxylic acid groups (broad SMARTS) is 1. The average Bonchev–Trinajstić information content (AvgIpc) is 2.97.